The molecular weight excluding hydrogens is 448 g/mol. The molecule has 0 spiro atoms. The molecule has 0 unspecified atom stereocenters. The molecule has 8 nitrogen and oxygen atoms in total. The summed E-state index contributed by atoms with van der Waals surface area (Å²) < 4.78 is 35.3. The van der Waals surface area contributed by atoms with E-state index in [-0.39, 0.29) is 22.9 Å². The van der Waals surface area contributed by atoms with Gasteiger partial charge < -0.3 is 14.6 Å². The largest absolute Gasteiger partial charge is 0.458 e. The molecule has 0 radical (unpaired) electrons. The Morgan fingerprint density at radius 3 is 2.91 bits per heavy atom. The minimum absolute atomic E-state index is 0.0787. The highest BCUT2D eigenvalue weighted by Crippen LogP contribution is 2.35. The first kappa shape index (κ1) is 20.9. The van der Waals surface area contributed by atoms with Crippen molar-refractivity contribution in [2.24, 2.45) is 4.40 Å². The highest BCUT2D eigenvalue weighted by Gasteiger charge is 2.32. The molecule has 166 valence electrons. The maximum absolute atomic E-state index is 12.8. The molecule has 2 aliphatic rings. The van der Waals surface area contributed by atoms with Gasteiger partial charge in [0.1, 0.15) is 22.2 Å². The molecule has 0 saturated carbocycles. The van der Waals surface area contributed by atoms with Crippen molar-refractivity contribution in [3.05, 3.63) is 52.0 Å². The second kappa shape index (κ2) is 8.18. The van der Waals surface area contributed by atoms with Gasteiger partial charge in [-0.1, -0.05) is 6.42 Å². The lowest BCUT2D eigenvalue weighted by atomic mass is 10.1. The number of fused-ring (bicyclic) bond motifs is 3. The van der Waals surface area contributed by atoms with E-state index < -0.39 is 10.0 Å². The number of aromatic nitrogens is 1. The second-order valence-electron chi connectivity index (χ2n) is 7.83. The molecule has 0 bridgehead atoms. The van der Waals surface area contributed by atoms with E-state index in [1.807, 2.05) is 23.3 Å². The fraction of sp³-hybridized carbons (Fsp3) is 0.318. The van der Waals surface area contributed by atoms with Gasteiger partial charge in [0.25, 0.3) is 15.9 Å². The Balaban J connectivity index is 1.33. The van der Waals surface area contributed by atoms with E-state index >= 15 is 0 Å². The second-order valence-corrected chi connectivity index (χ2v) is 10.5. The van der Waals surface area contributed by atoms with Crippen LogP contribution in [0.4, 0.5) is 5.69 Å². The van der Waals surface area contributed by atoms with Crippen molar-refractivity contribution in [2.75, 3.05) is 11.4 Å². The van der Waals surface area contributed by atoms with E-state index in [9.17, 15) is 13.2 Å². The van der Waals surface area contributed by atoms with Gasteiger partial charge in [0.05, 0.1) is 17.2 Å². The van der Waals surface area contributed by atoms with E-state index in [2.05, 4.69) is 14.7 Å². The molecule has 4 heterocycles. The highest BCUT2D eigenvalue weighted by molar-refractivity contribution is 7.90. The summed E-state index contributed by atoms with van der Waals surface area (Å²) in [5.74, 6) is 1.44. The summed E-state index contributed by atoms with van der Waals surface area (Å²) in [6, 6.07) is 8.38. The third-order valence-electron chi connectivity index (χ3n) is 5.57. The van der Waals surface area contributed by atoms with Crippen LogP contribution in [0.3, 0.4) is 0 Å². The average molecular weight is 471 g/mol. The summed E-state index contributed by atoms with van der Waals surface area (Å²) in [6.45, 7) is 2.84. The molecule has 2 aromatic heterocycles. The SMILES string of the molecule is Cc1nc(-c2ccc(CNC(=O)c3ccc4c(c3)S(=O)(=O)N=C3CCCCCN34)o2)cs1. The first-order chi connectivity index (χ1) is 15.4. The number of nitrogens with one attached hydrogen (secondary N) is 1. The first-order valence-electron chi connectivity index (χ1n) is 10.5. The topological polar surface area (TPSA) is 105 Å². The zero-order chi connectivity index (χ0) is 22.3. The Hall–Kier alpha value is -2.98. The molecular formula is C22H22N4O4S2. The van der Waals surface area contributed by atoms with Crippen molar-refractivity contribution < 1.29 is 17.6 Å². The number of aryl methyl sites for hydroxylation is 1. The Kier molecular flexibility index (Phi) is 5.34. The number of nitrogens with zero attached hydrogens (tertiary/aromatic N) is 3. The van der Waals surface area contributed by atoms with Crippen LogP contribution in [-0.4, -0.2) is 31.7 Å². The van der Waals surface area contributed by atoms with Crippen LogP contribution in [0.15, 0.2) is 49.4 Å². The number of amidine groups is 1. The summed E-state index contributed by atoms with van der Waals surface area (Å²) in [7, 11) is -3.84. The third kappa shape index (κ3) is 3.95. The van der Waals surface area contributed by atoms with Crippen LogP contribution in [0.1, 0.15) is 46.8 Å². The molecule has 2 aliphatic heterocycles. The molecule has 5 rings (SSSR count). The number of thiazole rings is 1. The van der Waals surface area contributed by atoms with E-state index in [1.165, 1.54) is 6.07 Å². The summed E-state index contributed by atoms with van der Waals surface area (Å²) in [4.78, 5) is 19.2. The zero-order valence-corrected chi connectivity index (χ0v) is 19.1. The summed E-state index contributed by atoms with van der Waals surface area (Å²) in [5, 5.41) is 5.66. The number of benzene rings is 1. The number of amides is 1. The molecule has 1 N–H and O–H groups in total. The Bertz CT molecular complexity index is 1320. The predicted molar refractivity (Wildman–Crippen MR) is 123 cm³/mol. The van der Waals surface area contributed by atoms with Crippen molar-refractivity contribution in [1.29, 1.82) is 0 Å². The van der Waals surface area contributed by atoms with Crippen molar-refractivity contribution >= 4 is 38.8 Å². The molecule has 1 amide bonds. The first-order valence-corrected chi connectivity index (χ1v) is 12.8. The van der Waals surface area contributed by atoms with E-state index in [0.29, 0.717) is 29.5 Å². The summed E-state index contributed by atoms with van der Waals surface area (Å²) in [6.07, 6.45) is 3.60. The van der Waals surface area contributed by atoms with Crippen molar-refractivity contribution in [3.8, 4) is 11.5 Å². The number of rotatable bonds is 4. The number of anilines is 1. The molecule has 0 atom stereocenters. The lowest BCUT2D eigenvalue weighted by Gasteiger charge is -2.29. The number of hydrogen-bond donors (Lipinski definition) is 1. The maximum Gasteiger partial charge on any atom is 0.286 e. The van der Waals surface area contributed by atoms with E-state index in [4.69, 9.17) is 4.42 Å². The van der Waals surface area contributed by atoms with Gasteiger partial charge in [-0.3, -0.25) is 4.79 Å². The fourth-order valence-electron chi connectivity index (χ4n) is 3.98. The Morgan fingerprint density at radius 1 is 1.22 bits per heavy atom. The van der Waals surface area contributed by atoms with Crippen LogP contribution in [0.25, 0.3) is 11.5 Å². The van der Waals surface area contributed by atoms with Crippen LogP contribution in [0, 0.1) is 6.92 Å². The Labute approximate surface area is 190 Å². The van der Waals surface area contributed by atoms with Gasteiger partial charge in [0.15, 0.2) is 5.76 Å². The predicted octanol–water partition coefficient (Wildman–Crippen LogP) is 4.12. The van der Waals surface area contributed by atoms with Crippen LogP contribution >= 0.6 is 11.3 Å². The van der Waals surface area contributed by atoms with E-state index in [1.54, 1.807) is 29.5 Å². The van der Waals surface area contributed by atoms with Gasteiger partial charge in [-0.25, -0.2) is 4.98 Å². The van der Waals surface area contributed by atoms with Gasteiger partial charge in [-0.05, 0) is 50.1 Å². The number of sulfonamides is 1. The van der Waals surface area contributed by atoms with Crippen molar-refractivity contribution in [3.63, 3.8) is 0 Å². The summed E-state index contributed by atoms with van der Waals surface area (Å²) in [5.41, 5.74) is 1.63. The van der Waals surface area contributed by atoms with E-state index in [0.717, 1.165) is 36.5 Å². The zero-order valence-electron chi connectivity index (χ0n) is 17.5. The minimum Gasteiger partial charge on any atom is -0.458 e. The van der Waals surface area contributed by atoms with Crippen molar-refractivity contribution in [2.45, 2.75) is 44.0 Å². The van der Waals surface area contributed by atoms with Gasteiger partial charge >= 0.3 is 0 Å². The van der Waals surface area contributed by atoms with Gasteiger partial charge in [0.2, 0.25) is 0 Å². The molecule has 0 aliphatic carbocycles. The smallest absolute Gasteiger partial charge is 0.286 e. The van der Waals surface area contributed by atoms with Crippen LogP contribution in [0.5, 0.6) is 0 Å². The number of furan rings is 1. The third-order valence-corrected chi connectivity index (χ3v) is 7.67. The molecule has 10 heteroatoms. The number of hydrogen-bond acceptors (Lipinski definition) is 7. The molecule has 32 heavy (non-hydrogen) atoms. The van der Waals surface area contributed by atoms with Crippen molar-refractivity contribution in [1.82, 2.24) is 10.3 Å². The normalized spacial score (nSPS) is 17.2. The number of carbonyl (C=O) groups excluding carboxylic acids is 1. The van der Waals surface area contributed by atoms with Gasteiger partial charge in [-0.15, -0.1) is 15.7 Å². The molecule has 1 fully saturated rings. The quantitative estimate of drug-likeness (QED) is 0.615. The Morgan fingerprint density at radius 2 is 2.09 bits per heavy atom. The van der Waals surface area contributed by atoms with Gasteiger partial charge in [0, 0.05) is 23.9 Å². The summed E-state index contributed by atoms with van der Waals surface area (Å²) >= 11 is 1.54. The lowest BCUT2D eigenvalue weighted by Crippen LogP contribution is -2.35. The maximum atomic E-state index is 12.8. The van der Waals surface area contributed by atoms with Crippen LogP contribution < -0.4 is 10.2 Å². The van der Waals surface area contributed by atoms with Gasteiger partial charge in [-0.2, -0.15) is 8.42 Å². The molecule has 1 aromatic carbocycles. The van der Waals surface area contributed by atoms with Crippen LogP contribution in [0.2, 0.25) is 0 Å². The standard InChI is InChI=1S/C22H22N4O4S2/c1-14-24-17(13-31-14)19-9-7-16(30-19)12-23-22(27)15-6-8-18-20(11-15)32(28,29)25-21-5-3-2-4-10-26(18)21/h6-9,11,13H,2-5,10,12H2,1H3,(H,23,27). The average Bonchev–Trinajstić information content (AvgIpc) is 3.35. The highest BCUT2D eigenvalue weighted by atomic mass is 32.2. The molecule has 3 aromatic rings. The monoisotopic (exact) mass is 470 g/mol. The molecule has 1 saturated heterocycles. The lowest BCUT2D eigenvalue weighted by molar-refractivity contribution is 0.0948. The fourth-order valence-corrected chi connectivity index (χ4v) is 5.86. The number of carbonyl (C=O) groups is 1. The minimum atomic E-state index is -3.84. The van der Waals surface area contributed by atoms with Crippen LogP contribution in [-0.2, 0) is 16.6 Å².